The van der Waals surface area contributed by atoms with Crippen LogP contribution in [0.2, 0.25) is 0 Å². The molecule has 0 bridgehead atoms. The average Bonchev–Trinajstić information content (AvgIpc) is 3.57. The summed E-state index contributed by atoms with van der Waals surface area (Å²) >= 11 is 3.61. The van der Waals surface area contributed by atoms with Gasteiger partial charge in [0, 0.05) is 15.5 Å². The fourth-order valence-corrected chi connectivity index (χ4v) is 7.29. The van der Waals surface area contributed by atoms with Crippen molar-refractivity contribution in [3.8, 4) is 11.5 Å². The second kappa shape index (κ2) is 19.7. The van der Waals surface area contributed by atoms with E-state index in [0.717, 1.165) is 37.6 Å². The van der Waals surface area contributed by atoms with Crippen molar-refractivity contribution in [2.75, 3.05) is 13.2 Å². The third-order valence-electron chi connectivity index (χ3n) is 7.72. The predicted octanol–water partition coefficient (Wildman–Crippen LogP) is 12.7. The molecule has 214 valence electrons. The zero-order valence-corrected chi connectivity index (χ0v) is 26.1. The van der Waals surface area contributed by atoms with Crippen LogP contribution in [0.25, 0.3) is 20.2 Å². The largest absolute Gasteiger partial charge is 0.493 e. The van der Waals surface area contributed by atoms with Crippen LogP contribution in [0.15, 0.2) is 22.9 Å². The molecule has 3 rings (SSSR count). The third-order valence-corrected chi connectivity index (χ3v) is 9.56. The van der Waals surface area contributed by atoms with Gasteiger partial charge < -0.3 is 9.47 Å². The minimum Gasteiger partial charge on any atom is -0.493 e. The number of unbranched alkanes of at least 4 members (excludes halogenated alkanes) is 18. The van der Waals surface area contributed by atoms with Crippen molar-refractivity contribution in [2.24, 2.45) is 0 Å². The summed E-state index contributed by atoms with van der Waals surface area (Å²) in [5.74, 6) is 2.11. The molecular formula is C34H54O2S2. The molecular weight excluding hydrogens is 505 g/mol. The number of hydrogen-bond donors (Lipinski definition) is 0. The van der Waals surface area contributed by atoms with Crippen molar-refractivity contribution in [2.45, 2.75) is 142 Å². The Bertz CT molecular complexity index is 989. The number of rotatable bonds is 24. The Morgan fingerprint density at radius 1 is 0.553 bits per heavy atom. The molecule has 3 aromatic rings. The van der Waals surface area contributed by atoms with Crippen molar-refractivity contribution >= 4 is 42.8 Å². The Hall–Kier alpha value is -1.26. The van der Waals surface area contributed by atoms with Gasteiger partial charge in [-0.25, -0.2) is 0 Å². The van der Waals surface area contributed by atoms with Crippen LogP contribution in [0.5, 0.6) is 11.5 Å². The van der Waals surface area contributed by atoms with Crippen LogP contribution in [0.3, 0.4) is 0 Å². The lowest BCUT2D eigenvalue weighted by Gasteiger charge is -2.10. The Labute approximate surface area is 241 Å². The Kier molecular flexibility index (Phi) is 16.2. The van der Waals surface area contributed by atoms with Gasteiger partial charge in [0.1, 0.15) is 11.5 Å². The van der Waals surface area contributed by atoms with Crippen molar-refractivity contribution in [3.05, 3.63) is 22.9 Å². The van der Waals surface area contributed by atoms with Gasteiger partial charge in [-0.2, -0.15) is 0 Å². The second-order valence-corrected chi connectivity index (χ2v) is 12.9. The number of thiophene rings is 2. The Morgan fingerprint density at radius 3 is 1.55 bits per heavy atom. The van der Waals surface area contributed by atoms with Crippen LogP contribution in [0, 0.1) is 0 Å². The van der Waals surface area contributed by atoms with E-state index in [0.29, 0.717) is 0 Å². The highest BCUT2D eigenvalue weighted by Gasteiger charge is 2.15. The number of benzene rings is 1. The lowest BCUT2D eigenvalue weighted by molar-refractivity contribution is 0.307. The highest BCUT2D eigenvalue weighted by Crippen LogP contribution is 2.44. The van der Waals surface area contributed by atoms with E-state index in [2.05, 4.69) is 36.7 Å². The first-order valence-electron chi connectivity index (χ1n) is 16.0. The summed E-state index contributed by atoms with van der Waals surface area (Å²) < 4.78 is 15.2. The van der Waals surface area contributed by atoms with Crippen molar-refractivity contribution in [3.63, 3.8) is 0 Å². The highest BCUT2D eigenvalue weighted by atomic mass is 32.1. The van der Waals surface area contributed by atoms with Gasteiger partial charge in [0.05, 0.1) is 23.3 Å². The monoisotopic (exact) mass is 558 g/mol. The van der Waals surface area contributed by atoms with Crippen molar-refractivity contribution in [1.29, 1.82) is 0 Å². The minimum absolute atomic E-state index is 0.820. The van der Waals surface area contributed by atoms with Crippen LogP contribution in [0.1, 0.15) is 142 Å². The molecule has 0 N–H and O–H groups in total. The van der Waals surface area contributed by atoms with Crippen molar-refractivity contribution < 1.29 is 9.47 Å². The van der Waals surface area contributed by atoms with Crippen molar-refractivity contribution in [1.82, 2.24) is 0 Å². The molecule has 1 aromatic carbocycles. The first kappa shape index (κ1) is 31.3. The summed E-state index contributed by atoms with van der Waals surface area (Å²) in [6.45, 7) is 6.22. The predicted molar refractivity (Wildman–Crippen MR) is 172 cm³/mol. The zero-order chi connectivity index (χ0) is 26.7. The summed E-state index contributed by atoms with van der Waals surface area (Å²) in [5, 5.41) is 6.93. The lowest BCUT2D eigenvalue weighted by atomic mass is 10.1. The summed E-state index contributed by atoms with van der Waals surface area (Å²) in [6, 6.07) is 4.47. The maximum absolute atomic E-state index is 6.31. The van der Waals surface area contributed by atoms with Gasteiger partial charge in [-0.3, -0.25) is 0 Å². The normalized spacial score (nSPS) is 11.6. The standard InChI is InChI=1S/C34H54O2S2/c1-3-5-7-9-11-13-15-17-19-21-24-35-30-27-32-33(34-29(30)23-26-37-34)31(28-38-32)36-25-22-20-18-16-14-12-10-8-6-4-2/h23,26-28H,3-22,24-25H2,1-2H3. The maximum atomic E-state index is 6.31. The van der Waals surface area contributed by atoms with Gasteiger partial charge in [-0.05, 0) is 30.4 Å². The summed E-state index contributed by atoms with van der Waals surface area (Å²) in [7, 11) is 0. The first-order chi connectivity index (χ1) is 18.8. The molecule has 0 fully saturated rings. The van der Waals surface area contributed by atoms with Gasteiger partial charge in [0.2, 0.25) is 0 Å². The fraction of sp³-hybridized carbons (Fsp3) is 0.706. The number of hydrogen-bond acceptors (Lipinski definition) is 4. The van der Waals surface area contributed by atoms with Crippen LogP contribution in [-0.2, 0) is 0 Å². The molecule has 0 aliphatic rings. The fourth-order valence-electron chi connectivity index (χ4n) is 5.35. The molecule has 0 spiro atoms. The van der Waals surface area contributed by atoms with E-state index in [4.69, 9.17) is 9.47 Å². The summed E-state index contributed by atoms with van der Waals surface area (Å²) in [4.78, 5) is 0. The third kappa shape index (κ3) is 11.1. The van der Waals surface area contributed by atoms with Crippen LogP contribution < -0.4 is 9.47 Å². The van der Waals surface area contributed by atoms with Crippen LogP contribution in [-0.4, -0.2) is 13.2 Å². The van der Waals surface area contributed by atoms with Gasteiger partial charge in [-0.15, -0.1) is 22.7 Å². The first-order valence-corrected chi connectivity index (χ1v) is 17.8. The van der Waals surface area contributed by atoms with E-state index < -0.39 is 0 Å². The molecule has 0 saturated carbocycles. The van der Waals surface area contributed by atoms with E-state index >= 15 is 0 Å². The van der Waals surface area contributed by atoms with E-state index in [9.17, 15) is 0 Å². The van der Waals surface area contributed by atoms with Crippen LogP contribution in [0.4, 0.5) is 0 Å². The minimum atomic E-state index is 0.820. The number of ether oxygens (including phenoxy) is 2. The SMILES string of the molecule is CCCCCCCCCCCCOc1cc2scc(OCCCCCCCCCCCC)c2c2sccc12. The number of fused-ring (bicyclic) bond motifs is 3. The van der Waals surface area contributed by atoms with Crippen LogP contribution >= 0.6 is 22.7 Å². The molecule has 0 amide bonds. The van der Waals surface area contributed by atoms with Gasteiger partial charge in [0.25, 0.3) is 0 Å². The van der Waals surface area contributed by atoms with E-state index in [1.54, 1.807) is 11.3 Å². The average molecular weight is 559 g/mol. The summed E-state index contributed by atoms with van der Waals surface area (Å²) in [5.41, 5.74) is 0. The molecule has 0 aliphatic heterocycles. The smallest absolute Gasteiger partial charge is 0.139 e. The highest BCUT2D eigenvalue weighted by molar-refractivity contribution is 7.21. The Balaban J connectivity index is 1.34. The lowest BCUT2D eigenvalue weighted by Crippen LogP contribution is -1.98. The molecule has 38 heavy (non-hydrogen) atoms. The van der Waals surface area contributed by atoms with E-state index in [1.807, 2.05) is 11.3 Å². The summed E-state index contributed by atoms with van der Waals surface area (Å²) in [6.07, 6.45) is 27.1. The molecule has 0 atom stereocenters. The Morgan fingerprint density at radius 2 is 1.03 bits per heavy atom. The molecule has 0 saturated heterocycles. The maximum Gasteiger partial charge on any atom is 0.139 e. The van der Waals surface area contributed by atoms with Gasteiger partial charge in [0.15, 0.2) is 0 Å². The zero-order valence-electron chi connectivity index (χ0n) is 24.5. The quantitative estimate of drug-likeness (QED) is 0.102. The molecule has 2 nitrogen and oxygen atoms in total. The molecule has 0 aliphatic carbocycles. The molecule has 2 heterocycles. The molecule has 0 radical (unpaired) electrons. The topological polar surface area (TPSA) is 18.5 Å². The van der Waals surface area contributed by atoms with E-state index in [-0.39, 0.29) is 0 Å². The molecule has 0 unspecified atom stereocenters. The second-order valence-electron chi connectivity index (χ2n) is 11.1. The van der Waals surface area contributed by atoms with E-state index in [1.165, 1.54) is 136 Å². The van der Waals surface area contributed by atoms with Gasteiger partial charge in [-0.1, -0.05) is 129 Å². The van der Waals surface area contributed by atoms with Gasteiger partial charge >= 0.3 is 0 Å². The molecule has 4 heteroatoms. The molecule has 2 aromatic heterocycles.